The number of fused-ring (bicyclic) bond motifs is 2. The van der Waals surface area contributed by atoms with Gasteiger partial charge in [-0.1, -0.05) is 0 Å². The summed E-state index contributed by atoms with van der Waals surface area (Å²) in [6.45, 7) is 1.97. The van der Waals surface area contributed by atoms with Crippen molar-refractivity contribution in [2.24, 2.45) is 0 Å². The van der Waals surface area contributed by atoms with Crippen LogP contribution in [0, 0.1) is 6.92 Å². The number of hydrogen-bond donors (Lipinski definition) is 0. The number of nitrogens with zero attached hydrogens (tertiary/aromatic N) is 7. The molecule has 0 N–H and O–H groups in total. The second kappa shape index (κ2) is 6.29. The summed E-state index contributed by atoms with van der Waals surface area (Å²) >= 11 is 0. The molecule has 0 aliphatic carbocycles. The van der Waals surface area contributed by atoms with Gasteiger partial charge in [0.25, 0.3) is 0 Å². The van der Waals surface area contributed by atoms with Crippen LogP contribution in [0.25, 0.3) is 11.3 Å². The summed E-state index contributed by atoms with van der Waals surface area (Å²) in [6, 6.07) is 3.46. The van der Waals surface area contributed by atoms with E-state index in [0.717, 1.165) is 5.56 Å². The van der Waals surface area contributed by atoms with Gasteiger partial charge in [0.2, 0.25) is 10.0 Å². The van der Waals surface area contributed by atoms with Crippen LogP contribution in [0.15, 0.2) is 48.1 Å². The first kappa shape index (κ1) is 18.1. The molecule has 5 heterocycles. The minimum Gasteiger partial charge on any atom is -0.238 e. The van der Waals surface area contributed by atoms with Gasteiger partial charge in [0, 0.05) is 37.2 Å². The molecule has 4 aromatic heterocycles. The predicted octanol–water partition coefficient (Wildman–Crippen LogP) is 1.73. The van der Waals surface area contributed by atoms with E-state index in [9.17, 15) is 8.42 Å². The van der Waals surface area contributed by atoms with E-state index in [1.54, 1.807) is 24.5 Å². The Morgan fingerprint density at radius 1 is 1.14 bits per heavy atom. The molecule has 11 heteroatoms. The second-order valence-electron chi connectivity index (χ2n) is 7.20. The smallest absolute Gasteiger partial charge is 0.238 e. The van der Waals surface area contributed by atoms with E-state index in [-0.39, 0.29) is 36.5 Å². The molecular formula is C18H18FN7O2S. The number of aromatic nitrogens is 6. The maximum atomic E-state index is 15.8. The van der Waals surface area contributed by atoms with Gasteiger partial charge in [-0.2, -0.15) is 14.5 Å². The fourth-order valence-corrected chi connectivity index (χ4v) is 5.40. The molecule has 0 spiro atoms. The lowest BCUT2D eigenvalue weighted by atomic mass is 9.85. The highest BCUT2D eigenvalue weighted by Crippen LogP contribution is 2.40. The maximum absolute atomic E-state index is 15.8. The Morgan fingerprint density at radius 3 is 2.72 bits per heavy atom. The fraction of sp³-hybridized carbons (Fsp3) is 0.333. The molecule has 0 bridgehead atoms. The molecule has 0 radical (unpaired) electrons. The van der Waals surface area contributed by atoms with E-state index in [1.807, 2.05) is 6.92 Å². The lowest BCUT2D eigenvalue weighted by Crippen LogP contribution is -2.43. The maximum Gasteiger partial charge on any atom is 0.248 e. The third-order valence-corrected chi connectivity index (χ3v) is 7.37. The zero-order valence-electron chi connectivity index (χ0n) is 15.6. The average Bonchev–Trinajstić information content (AvgIpc) is 3.34. The zero-order valence-corrected chi connectivity index (χ0v) is 16.4. The Kier molecular flexibility index (Phi) is 3.93. The Hall–Kier alpha value is -2.92. The first-order valence-corrected chi connectivity index (χ1v) is 10.6. The molecule has 0 aromatic carbocycles. The molecule has 1 fully saturated rings. The van der Waals surface area contributed by atoms with E-state index < -0.39 is 15.7 Å². The molecule has 29 heavy (non-hydrogen) atoms. The van der Waals surface area contributed by atoms with E-state index in [1.165, 1.54) is 32.1 Å². The fourth-order valence-electron chi connectivity index (χ4n) is 3.90. The summed E-state index contributed by atoms with van der Waals surface area (Å²) in [4.78, 5) is 8.27. The van der Waals surface area contributed by atoms with Gasteiger partial charge >= 0.3 is 0 Å². The summed E-state index contributed by atoms with van der Waals surface area (Å²) in [6.07, 6.45) is 7.62. The van der Waals surface area contributed by atoms with E-state index in [2.05, 4.69) is 20.2 Å². The van der Waals surface area contributed by atoms with Crippen molar-refractivity contribution in [2.75, 3.05) is 13.1 Å². The summed E-state index contributed by atoms with van der Waals surface area (Å²) in [7, 11) is -3.82. The standard InChI is InChI=1S/C18H18FN7O2S/c1-13-9-16-21-12-23-26(16)11-14(13)18(19)3-7-24(8-4-18)29(27,28)15-10-22-25-6-2-5-20-17(15)25/h2,5-6,9-12H,3-4,7-8H2,1H3. The van der Waals surface area contributed by atoms with Gasteiger partial charge < -0.3 is 0 Å². The third-order valence-electron chi connectivity index (χ3n) is 5.49. The Morgan fingerprint density at radius 2 is 1.93 bits per heavy atom. The van der Waals surface area contributed by atoms with E-state index in [4.69, 9.17) is 0 Å². The number of aryl methyl sites for hydroxylation is 1. The summed E-state index contributed by atoms with van der Waals surface area (Å²) in [5, 5.41) is 8.13. The highest BCUT2D eigenvalue weighted by molar-refractivity contribution is 7.89. The predicted molar refractivity (Wildman–Crippen MR) is 101 cm³/mol. The van der Waals surface area contributed by atoms with Crippen LogP contribution in [0.5, 0.6) is 0 Å². The number of hydrogen-bond acceptors (Lipinski definition) is 6. The van der Waals surface area contributed by atoms with Crippen LogP contribution in [0.3, 0.4) is 0 Å². The quantitative estimate of drug-likeness (QED) is 0.505. The molecule has 0 atom stereocenters. The minimum absolute atomic E-state index is 0.0321. The number of alkyl halides is 1. The SMILES string of the molecule is Cc1cc2ncnn2cc1C1(F)CCN(S(=O)(=O)c2cnn3cccnc23)CC1. The van der Waals surface area contributed by atoms with Gasteiger partial charge in [0.1, 0.15) is 16.9 Å². The second-order valence-corrected chi connectivity index (χ2v) is 9.11. The van der Waals surface area contributed by atoms with Gasteiger partial charge in [-0.05, 0) is 37.5 Å². The van der Waals surface area contributed by atoms with Crippen molar-refractivity contribution in [3.05, 3.63) is 54.4 Å². The highest BCUT2D eigenvalue weighted by atomic mass is 32.2. The molecule has 0 saturated carbocycles. The van der Waals surface area contributed by atoms with E-state index >= 15 is 4.39 Å². The van der Waals surface area contributed by atoms with Gasteiger partial charge in [0.05, 0.1) is 6.20 Å². The van der Waals surface area contributed by atoms with Crippen LogP contribution < -0.4 is 0 Å². The molecule has 4 aromatic rings. The minimum atomic E-state index is -3.82. The van der Waals surface area contributed by atoms with Gasteiger partial charge in [-0.15, -0.1) is 0 Å². The lowest BCUT2D eigenvalue weighted by molar-refractivity contribution is 0.0858. The van der Waals surface area contributed by atoms with Crippen LogP contribution in [-0.4, -0.2) is 55.0 Å². The molecule has 5 rings (SSSR count). The van der Waals surface area contributed by atoms with Crippen molar-refractivity contribution in [2.45, 2.75) is 30.3 Å². The summed E-state index contributed by atoms with van der Waals surface area (Å²) in [5.41, 5.74) is 0.573. The first-order valence-electron chi connectivity index (χ1n) is 9.16. The Balaban J connectivity index is 1.44. The third kappa shape index (κ3) is 2.80. The number of piperidine rings is 1. The molecule has 150 valence electrons. The average molecular weight is 415 g/mol. The molecule has 1 aliphatic heterocycles. The summed E-state index contributed by atoms with van der Waals surface area (Å²) in [5.74, 6) is 0. The molecule has 1 saturated heterocycles. The number of sulfonamides is 1. The van der Waals surface area contributed by atoms with Crippen LogP contribution in [0.4, 0.5) is 4.39 Å². The molecule has 9 nitrogen and oxygen atoms in total. The number of pyridine rings is 1. The van der Waals surface area contributed by atoms with Crippen molar-refractivity contribution >= 4 is 21.3 Å². The van der Waals surface area contributed by atoms with Gasteiger partial charge in [0.15, 0.2) is 11.3 Å². The monoisotopic (exact) mass is 415 g/mol. The van der Waals surface area contributed by atoms with Crippen molar-refractivity contribution in [1.29, 1.82) is 0 Å². The molecule has 1 aliphatic rings. The van der Waals surface area contributed by atoms with Gasteiger partial charge in [-0.25, -0.2) is 31.8 Å². The van der Waals surface area contributed by atoms with Crippen molar-refractivity contribution < 1.29 is 12.8 Å². The van der Waals surface area contributed by atoms with Crippen LogP contribution >= 0.6 is 0 Å². The normalized spacial score (nSPS) is 17.9. The van der Waals surface area contributed by atoms with Crippen LogP contribution in [0.1, 0.15) is 24.0 Å². The first-order chi connectivity index (χ1) is 13.9. The van der Waals surface area contributed by atoms with Crippen molar-refractivity contribution in [3.8, 4) is 0 Å². The number of halogens is 1. The lowest BCUT2D eigenvalue weighted by Gasteiger charge is -2.36. The summed E-state index contributed by atoms with van der Waals surface area (Å²) < 4.78 is 46.3. The topological polar surface area (TPSA) is 97.8 Å². The van der Waals surface area contributed by atoms with Crippen LogP contribution in [-0.2, 0) is 15.7 Å². The highest BCUT2D eigenvalue weighted by Gasteiger charge is 2.42. The van der Waals surface area contributed by atoms with Crippen LogP contribution in [0.2, 0.25) is 0 Å². The molecule has 0 unspecified atom stereocenters. The largest absolute Gasteiger partial charge is 0.248 e. The molecule has 0 amide bonds. The molecular weight excluding hydrogens is 397 g/mol. The van der Waals surface area contributed by atoms with Gasteiger partial charge in [-0.3, -0.25) is 0 Å². The Labute approximate surface area is 165 Å². The number of rotatable bonds is 3. The Bertz CT molecular complexity index is 1320. The van der Waals surface area contributed by atoms with E-state index in [0.29, 0.717) is 11.2 Å². The van der Waals surface area contributed by atoms with Crippen molar-refractivity contribution in [3.63, 3.8) is 0 Å². The van der Waals surface area contributed by atoms with Crippen molar-refractivity contribution in [1.82, 2.24) is 33.5 Å². The zero-order chi connectivity index (χ0) is 20.2.